The highest BCUT2D eigenvalue weighted by Crippen LogP contribution is 2.25. The first-order chi connectivity index (χ1) is 10.7. The largest absolute Gasteiger partial charge is 0.370 e. The molecule has 124 valence electrons. The van der Waals surface area contributed by atoms with E-state index in [0.717, 1.165) is 0 Å². The molecule has 0 aromatic carbocycles. The number of amides is 1. The van der Waals surface area contributed by atoms with Crippen molar-refractivity contribution in [3.05, 3.63) is 36.1 Å². The quantitative estimate of drug-likeness (QED) is 0.310. The number of thiocarbonyl (C=S) groups is 1. The smallest absolute Gasteiger partial charge is 0.252 e. The zero-order valence-corrected chi connectivity index (χ0v) is 14.7. The van der Waals surface area contributed by atoms with Gasteiger partial charge >= 0.3 is 0 Å². The zero-order valence-electron chi connectivity index (χ0n) is 13.1. The van der Waals surface area contributed by atoms with E-state index in [1.54, 1.807) is 25.3 Å². The van der Waals surface area contributed by atoms with E-state index in [0.29, 0.717) is 5.70 Å². The summed E-state index contributed by atoms with van der Waals surface area (Å²) in [7, 11) is 1.59. The second-order valence-corrected chi connectivity index (χ2v) is 6.49. The van der Waals surface area contributed by atoms with Crippen LogP contribution in [0.15, 0.2) is 36.1 Å². The number of methoxy groups -OCH3 is 1. The summed E-state index contributed by atoms with van der Waals surface area (Å²) in [6, 6.07) is 1.74. The number of nitrogens with one attached hydrogen (secondary N) is 3. The van der Waals surface area contributed by atoms with Crippen molar-refractivity contribution in [1.82, 2.24) is 16.2 Å². The van der Waals surface area contributed by atoms with Crippen molar-refractivity contribution in [2.75, 3.05) is 7.11 Å². The number of rotatable bonds is 3. The van der Waals surface area contributed by atoms with Crippen LogP contribution in [-0.2, 0) is 9.53 Å². The van der Waals surface area contributed by atoms with Crippen LogP contribution in [0, 0.1) is 11.3 Å². The molecule has 0 saturated heterocycles. The number of carbonyl (C=O) groups is 1. The molecule has 6 nitrogen and oxygen atoms in total. The third-order valence-corrected chi connectivity index (χ3v) is 3.48. The average Bonchev–Trinajstić information content (AvgIpc) is 2.48. The molecule has 0 heterocycles. The number of hydrogen-bond acceptors (Lipinski definition) is 4. The molecule has 2 unspecified atom stereocenters. The molecule has 0 fully saturated rings. The summed E-state index contributed by atoms with van der Waals surface area (Å²) in [5.74, 6) is -0.475. The second kappa shape index (κ2) is 8.11. The lowest BCUT2D eigenvalue weighted by Crippen LogP contribution is -2.46. The van der Waals surface area contributed by atoms with Crippen molar-refractivity contribution in [2.24, 2.45) is 0 Å². The van der Waals surface area contributed by atoms with Crippen LogP contribution in [0.2, 0.25) is 0 Å². The fraction of sp³-hybridized carbons (Fsp3) is 0.400. The molecule has 1 aliphatic rings. The van der Waals surface area contributed by atoms with Gasteiger partial charge in [-0.2, -0.15) is 5.26 Å². The number of alkyl halides is 1. The first-order valence-electron chi connectivity index (χ1n) is 6.79. The number of hydrogen-bond donors (Lipinski definition) is 3. The van der Waals surface area contributed by atoms with Gasteiger partial charge < -0.3 is 10.1 Å². The minimum absolute atomic E-state index is 0.173. The minimum atomic E-state index is -0.664. The molecule has 8 heteroatoms. The highest BCUT2D eigenvalue weighted by atomic mass is 35.5. The second-order valence-electron chi connectivity index (χ2n) is 5.27. The van der Waals surface area contributed by atoms with E-state index in [2.05, 4.69) is 16.2 Å². The van der Waals surface area contributed by atoms with E-state index in [4.69, 9.17) is 33.8 Å². The average molecular weight is 355 g/mol. The number of hydrazine groups is 1. The Labute approximate surface area is 146 Å². The van der Waals surface area contributed by atoms with Crippen molar-refractivity contribution in [2.45, 2.75) is 30.7 Å². The molecule has 0 aromatic rings. The van der Waals surface area contributed by atoms with Gasteiger partial charge in [-0.15, -0.1) is 11.6 Å². The minimum Gasteiger partial charge on any atom is -0.370 e. The summed E-state index contributed by atoms with van der Waals surface area (Å²) in [6.07, 6.45) is 8.86. The zero-order chi connectivity index (χ0) is 17.5. The third-order valence-electron chi connectivity index (χ3n) is 3.02. The molecule has 23 heavy (non-hydrogen) atoms. The van der Waals surface area contributed by atoms with Gasteiger partial charge in [-0.25, -0.2) is 0 Å². The molecule has 1 rings (SSSR count). The molecule has 1 aliphatic carbocycles. The van der Waals surface area contributed by atoms with Crippen LogP contribution in [0.25, 0.3) is 0 Å². The highest BCUT2D eigenvalue weighted by molar-refractivity contribution is 7.80. The fourth-order valence-electron chi connectivity index (χ4n) is 1.65. The Morgan fingerprint density at radius 1 is 1.39 bits per heavy atom. The first kappa shape index (κ1) is 19.2. The summed E-state index contributed by atoms with van der Waals surface area (Å²) in [6.45, 7) is 3.72. The Morgan fingerprint density at radius 2 is 2.09 bits per heavy atom. The van der Waals surface area contributed by atoms with Crippen LogP contribution in [0.4, 0.5) is 0 Å². The predicted octanol–water partition coefficient (Wildman–Crippen LogP) is 1.81. The van der Waals surface area contributed by atoms with Crippen LogP contribution < -0.4 is 16.2 Å². The molecule has 3 N–H and O–H groups in total. The SMILES string of the molecule is COC1(C)/C=C\C(C)(Cl)/C=C\C(NC(=S)NNC(=O)CC#N)=C/1. The Morgan fingerprint density at radius 3 is 2.70 bits per heavy atom. The van der Waals surface area contributed by atoms with Gasteiger partial charge in [-0.1, -0.05) is 18.2 Å². The van der Waals surface area contributed by atoms with Crippen molar-refractivity contribution in [3.8, 4) is 6.07 Å². The van der Waals surface area contributed by atoms with Crippen LogP contribution in [0.5, 0.6) is 0 Å². The number of carbonyl (C=O) groups excluding carboxylic acids is 1. The highest BCUT2D eigenvalue weighted by Gasteiger charge is 2.23. The van der Waals surface area contributed by atoms with Crippen molar-refractivity contribution < 1.29 is 9.53 Å². The maximum Gasteiger partial charge on any atom is 0.252 e. The van der Waals surface area contributed by atoms with E-state index < -0.39 is 16.4 Å². The summed E-state index contributed by atoms with van der Waals surface area (Å²) in [5, 5.41) is 11.5. The normalized spacial score (nSPS) is 31.3. The molecule has 1 amide bonds. The number of nitrogens with zero attached hydrogens (tertiary/aromatic N) is 1. The maximum absolute atomic E-state index is 11.2. The fourth-order valence-corrected chi connectivity index (χ4v) is 1.95. The lowest BCUT2D eigenvalue weighted by Gasteiger charge is -2.26. The topological polar surface area (TPSA) is 86.2 Å². The van der Waals surface area contributed by atoms with Crippen molar-refractivity contribution in [1.29, 1.82) is 5.26 Å². The van der Waals surface area contributed by atoms with Gasteiger partial charge in [0.25, 0.3) is 5.91 Å². The van der Waals surface area contributed by atoms with Gasteiger partial charge in [0.2, 0.25) is 0 Å². The van der Waals surface area contributed by atoms with E-state index >= 15 is 0 Å². The van der Waals surface area contributed by atoms with Crippen LogP contribution in [-0.4, -0.2) is 28.6 Å². The molecular formula is C15H19ClN4O2S. The lowest BCUT2D eigenvalue weighted by molar-refractivity contribution is -0.120. The molecule has 0 radical (unpaired) electrons. The molecule has 2 atom stereocenters. The molecule has 0 aromatic heterocycles. The van der Waals surface area contributed by atoms with E-state index in [1.807, 2.05) is 32.1 Å². The third kappa shape index (κ3) is 6.82. The van der Waals surface area contributed by atoms with Crippen LogP contribution in [0.1, 0.15) is 20.3 Å². The monoisotopic (exact) mass is 354 g/mol. The molecule has 0 spiro atoms. The van der Waals surface area contributed by atoms with E-state index in [9.17, 15) is 4.79 Å². The standard InChI is InChI=1S/C15H19ClN4O2S/c1-14(16)6-4-11(10-15(2,22-3)8-7-14)18-13(23)20-19-12(21)5-9-17/h4,6-8,10H,5H2,1-3H3,(H,19,21)(H2,18,20,23)/b6-4-,8-7-,11-10+. The summed E-state index contributed by atoms with van der Waals surface area (Å²) < 4.78 is 5.48. The Balaban J connectivity index is 2.82. The molecule has 0 saturated carbocycles. The number of allylic oxidation sites excluding steroid dienone is 3. The maximum atomic E-state index is 11.2. The predicted molar refractivity (Wildman–Crippen MR) is 93.3 cm³/mol. The van der Waals surface area contributed by atoms with Gasteiger partial charge in [0.1, 0.15) is 12.0 Å². The van der Waals surface area contributed by atoms with Gasteiger partial charge in [0, 0.05) is 12.8 Å². The van der Waals surface area contributed by atoms with Gasteiger partial charge in [0.05, 0.1) is 10.9 Å². The molecule has 0 bridgehead atoms. The van der Waals surface area contributed by atoms with Crippen molar-refractivity contribution in [3.63, 3.8) is 0 Å². The summed E-state index contributed by atoms with van der Waals surface area (Å²) in [4.78, 5) is 10.6. The van der Waals surface area contributed by atoms with Gasteiger partial charge in [0.15, 0.2) is 5.11 Å². The molecular weight excluding hydrogens is 336 g/mol. The van der Waals surface area contributed by atoms with E-state index in [-0.39, 0.29) is 11.5 Å². The van der Waals surface area contributed by atoms with Gasteiger partial charge in [-0.3, -0.25) is 15.6 Å². The first-order valence-corrected chi connectivity index (χ1v) is 7.58. The summed E-state index contributed by atoms with van der Waals surface area (Å²) in [5.41, 5.74) is 4.82. The van der Waals surface area contributed by atoms with Crippen molar-refractivity contribution >= 4 is 34.8 Å². The van der Waals surface area contributed by atoms with Crippen LogP contribution in [0.3, 0.4) is 0 Å². The Bertz CT molecular complexity index is 607. The number of ether oxygens (including phenoxy) is 1. The van der Waals surface area contributed by atoms with Gasteiger partial charge in [-0.05, 0) is 38.2 Å². The Kier molecular flexibility index (Phi) is 6.76. The lowest BCUT2D eigenvalue weighted by atomic mass is 9.97. The van der Waals surface area contributed by atoms with E-state index in [1.165, 1.54) is 0 Å². The molecule has 0 aliphatic heterocycles. The van der Waals surface area contributed by atoms with Crippen LogP contribution >= 0.6 is 23.8 Å². The number of halogens is 1. The Hall–Kier alpha value is -1.88. The number of nitriles is 1. The summed E-state index contributed by atoms with van der Waals surface area (Å²) >= 11 is 11.4.